The molecule has 8 heteroatoms. The van der Waals surface area contributed by atoms with Crippen molar-refractivity contribution in [3.8, 4) is 5.75 Å². The van der Waals surface area contributed by atoms with E-state index in [2.05, 4.69) is 15.7 Å². The summed E-state index contributed by atoms with van der Waals surface area (Å²) in [5, 5.41) is 20.2. The van der Waals surface area contributed by atoms with Crippen molar-refractivity contribution in [2.75, 3.05) is 7.05 Å². The van der Waals surface area contributed by atoms with Crippen molar-refractivity contribution in [3.05, 3.63) is 102 Å². The van der Waals surface area contributed by atoms with E-state index in [4.69, 9.17) is 10.1 Å². The molecule has 0 aliphatic rings. The van der Waals surface area contributed by atoms with Crippen LogP contribution in [0.1, 0.15) is 27.4 Å². The summed E-state index contributed by atoms with van der Waals surface area (Å²) in [5.41, 5.74) is 7.10. The number of aromatic carboxylic acids is 1. The largest absolute Gasteiger partial charge is 0.486 e. The first-order valence-electron chi connectivity index (χ1n) is 11.0. The first kappa shape index (κ1) is 23.6. The lowest BCUT2D eigenvalue weighted by Gasteiger charge is -2.14. The molecule has 0 amide bonds. The van der Waals surface area contributed by atoms with E-state index in [9.17, 15) is 9.90 Å². The number of nitrogens with two attached hydrogens (primary N) is 1. The molecule has 8 nitrogen and oxygen atoms in total. The van der Waals surface area contributed by atoms with Gasteiger partial charge in [0.15, 0.2) is 5.82 Å². The normalized spacial score (nSPS) is 10.6. The minimum Gasteiger partial charge on any atom is -0.486 e. The molecular weight excluding hydrogens is 442 g/mol. The van der Waals surface area contributed by atoms with Gasteiger partial charge < -0.3 is 25.6 Å². The Hall–Kier alpha value is -4.56. The van der Waals surface area contributed by atoms with Gasteiger partial charge in [-0.15, -0.1) is 0 Å². The molecule has 2 aromatic heterocycles. The Morgan fingerprint density at radius 1 is 1.03 bits per heavy atom. The molecule has 0 spiro atoms. The lowest BCUT2D eigenvalue weighted by molar-refractivity contribution is 0.0686. The molecule has 3 aromatic carbocycles. The smallest absolute Gasteiger partial charge is 0.352 e. The number of aromatic nitrogens is 3. The second-order valence-corrected chi connectivity index (χ2v) is 7.64. The second kappa shape index (κ2) is 10.6. The topological polar surface area (TPSA) is 127 Å². The summed E-state index contributed by atoms with van der Waals surface area (Å²) in [7, 11) is 1.50. The molecule has 0 saturated carbocycles. The van der Waals surface area contributed by atoms with Gasteiger partial charge in [0.2, 0.25) is 0 Å². The Labute approximate surface area is 202 Å². The van der Waals surface area contributed by atoms with E-state index in [1.54, 1.807) is 35.2 Å². The van der Waals surface area contributed by atoms with Crippen molar-refractivity contribution in [2.45, 2.75) is 13.2 Å². The Balaban J connectivity index is 0.00000141. The summed E-state index contributed by atoms with van der Waals surface area (Å²) in [6.07, 6.45) is 4.60. The fraction of sp³-hybridized carbons (Fsp3) is 0.111. The number of benzene rings is 3. The minimum atomic E-state index is -1.000. The van der Waals surface area contributed by atoms with E-state index in [-0.39, 0.29) is 12.3 Å². The van der Waals surface area contributed by atoms with Crippen LogP contribution in [0.5, 0.6) is 5.75 Å². The predicted molar refractivity (Wildman–Crippen MR) is 136 cm³/mol. The summed E-state index contributed by atoms with van der Waals surface area (Å²) in [4.78, 5) is 20.4. The van der Waals surface area contributed by atoms with Crippen LogP contribution in [-0.4, -0.2) is 38.9 Å². The summed E-state index contributed by atoms with van der Waals surface area (Å²) in [6, 6.07) is 20.7. The number of carbonyl (C=O) groups is 1. The van der Waals surface area contributed by atoms with Gasteiger partial charge in [-0.1, -0.05) is 36.4 Å². The molecule has 0 saturated heterocycles. The predicted octanol–water partition coefficient (Wildman–Crippen LogP) is 4.48. The number of fused-ring (bicyclic) bond motifs is 2. The zero-order valence-corrected chi connectivity index (χ0v) is 19.2. The van der Waals surface area contributed by atoms with Gasteiger partial charge in [0.25, 0.3) is 0 Å². The highest BCUT2D eigenvalue weighted by atomic mass is 16.5. The molecule has 2 heterocycles. The zero-order chi connectivity index (χ0) is 24.8. The zero-order valence-electron chi connectivity index (χ0n) is 19.2. The van der Waals surface area contributed by atoms with Gasteiger partial charge in [0, 0.05) is 36.1 Å². The van der Waals surface area contributed by atoms with E-state index < -0.39 is 5.97 Å². The maximum atomic E-state index is 12.0. The maximum absolute atomic E-state index is 12.0. The van der Waals surface area contributed by atoms with Crippen molar-refractivity contribution in [3.63, 3.8) is 0 Å². The molecule has 0 bridgehead atoms. The average Bonchev–Trinajstić information content (AvgIpc) is 3.27. The van der Waals surface area contributed by atoms with Gasteiger partial charge in [0.1, 0.15) is 18.1 Å². The van der Waals surface area contributed by atoms with E-state index in [0.29, 0.717) is 23.7 Å². The molecule has 0 atom stereocenters. The van der Waals surface area contributed by atoms with Gasteiger partial charge in [0.05, 0.1) is 0 Å². The Morgan fingerprint density at radius 2 is 1.80 bits per heavy atom. The van der Waals surface area contributed by atoms with Crippen LogP contribution < -0.4 is 10.5 Å². The third-order valence-corrected chi connectivity index (χ3v) is 5.55. The highest BCUT2D eigenvalue weighted by molar-refractivity contribution is 5.97. The molecule has 0 fully saturated rings. The maximum Gasteiger partial charge on any atom is 0.352 e. The second-order valence-electron chi connectivity index (χ2n) is 7.64. The highest BCUT2D eigenvalue weighted by Crippen LogP contribution is 2.29. The van der Waals surface area contributed by atoms with Crippen molar-refractivity contribution >= 4 is 33.9 Å². The van der Waals surface area contributed by atoms with Gasteiger partial charge in [-0.05, 0) is 59.3 Å². The number of rotatable bonds is 7. The molecule has 0 aliphatic carbocycles. The van der Waals surface area contributed by atoms with Crippen LogP contribution in [0, 0.1) is 5.41 Å². The molecule has 0 unspecified atom stereocenters. The Bertz CT molecular complexity index is 1500. The number of nitrogens with one attached hydrogen (secondary N) is 1. The van der Waals surface area contributed by atoms with Crippen LogP contribution in [0.4, 0.5) is 0 Å². The van der Waals surface area contributed by atoms with Crippen molar-refractivity contribution in [2.24, 2.45) is 5.73 Å². The van der Waals surface area contributed by atoms with Crippen molar-refractivity contribution in [1.82, 2.24) is 14.5 Å². The molecule has 4 N–H and O–H groups in total. The third-order valence-electron chi connectivity index (χ3n) is 5.55. The number of hydrogen-bond acceptors (Lipinski definition) is 6. The van der Waals surface area contributed by atoms with Crippen molar-refractivity contribution < 1.29 is 14.6 Å². The average molecular weight is 468 g/mol. The van der Waals surface area contributed by atoms with Crippen molar-refractivity contribution in [1.29, 1.82) is 5.41 Å². The number of carboxylic acid groups (broad SMARTS) is 1. The quantitative estimate of drug-likeness (QED) is 0.303. The monoisotopic (exact) mass is 467 g/mol. The Morgan fingerprint density at radius 3 is 2.54 bits per heavy atom. The highest BCUT2D eigenvalue weighted by Gasteiger charge is 2.17. The molecule has 0 aliphatic heterocycles. The van der Waals surface area contributed by atoms with Crippen LogP contribution in [0.2, 0.25) is 0 Å². The summed E-state index contributed by atoms with van der Waals surface area (Å²) in [5.74, 6) is 0.237. The fourth-order valence-electron chi connectivity index (χ4n) is 4.01. The van der Waals surface area contributed by atoms with E-state index in [1.165, 1.54) is 13.3 Å². The van der Waals surface area contributed by atoms with Crippen LogP contribution in [0.3, 0.4) is 0 Å². The van der Waals surface area contributed by atoms with E-state index in [1.807, 2.05) is 48.5 Å². The summed E-state index contributed by atoms with van der Waals surface area (Å²) >= 11 is 0. The number of ether oxygens (including phenoxy) is 1. The Kier molecular flexibility index (Phi) is 7.13. The first-order valence-corrected chi connectivity index (χ1v) is 11.0. The van der Waals surface area contributed by atoms with Gasteiger partial charge in [-0.3, -0.25) is 0 Å². The number of carboxylic acids is 1. The molecule has 35 heavy (non-hydrogen) atoms. The van der Waals surface area contributed by atoms with Crippen LogP contribution in [-0.2, 0) is 13.2 Å². The SMILES string of the molecule is CN.N=Cc1ccc2cc(C(=O)O)n(Cc3cc(OCc4ncccn4)cc4ccccc34)c2c1. The van der Waals surface area contributed by atoms with Crippen LogP contribution in [0.25, 0.3) is 21.7 Å². The molecule has 5 rings (SSSR count). The molecule has 0 radical (unpaired) electrons. The summed E-state index contributed by atoms with van der Waals surface area (Å²) in [6.45, 7) is 0.570. The fourth-order valence-corrected chi connectivity index (χ4v) is 4.01. The van der Waals surface area contributed by atoms with Crippen LogP contribution in [0.15, 0.2) is 79.1 Å². The number of hydrogen-bond donors (Lipinski definition) is 3. The van der Waals surface area contributed by atoms with E-state index >= 15 is 0 Å². The minimum absolute atomic E-state index is 0.195. The van der Waals surface area contributed by atoms with Gasteiger partial charge in [-0.25, -0.2) is 14.8 Å². The van der Waals surface area contributed by atoms with Crippen LogP contribution >= 0.6 is 0 Å². The molecule has 5 aromatic rings. The van der Waals surface area contributed by atoms with E-state index in [0.717, 1.165) is 27.2 Å². The lowest BCUT2D eigenvalue weighted by atomic mass is 10.0. The molecule has 176 valence electrons. The summed E-state index contributed by atoms with van der Waals surface area (Å²) < 4.78 is 7.76. The first-order chi connectivity index (χ1) is 17.1. The van der Waals surface area contributed by atoms with Gasteiger partial charge >= 0.3 is 5.97 Å². The van der Waals surface area contributed by atoms with Gasteiger partial charge in [-0.2, -0.15) is 0 Å². The standard InChI is InChI=1S/C26H20N4O3.CH5N/c27-14-17-6-7-19-13-24(26(31)32)30(23(19)10-17)15-20-12-21(11-18-4-1-2-5-22(18)20)33-16-25-28-8-3-9-29-25;1-2/h1-14,27H,15-16H2,(H,31,32);2H2,1H3. The number of nitrogens with zero attached hydrogens (tertiary/aromatic N) is 3. The lowest BCUT2D eigenvalue weighted by Crippen LogP contribution is -2.10. The third kappa shape index (κ3) is 5.02. The molecular formula is C27H25N5O3.